The Morgan fingerprint density at radius 2 is 2.15 bits per heavy atom. The Kier molecular flexibility index (Phi) is 5.38. The van der Waals surface area contributed by atoms with Crippen molar-refractivity contribution in [1.82, 2.24) is 5.32 Å². The van der Waals surface area contributed by atoms with Crippen LogP contribution >= 0.6 is 15.9 Å². The number of aliphatic hydroxyl groups is 1. The van der Waals surface area contributed by atoms with Crippen molar-refractivity contribution in [2.45, 2.75) is 44.8 Å². The van der Waals surface area contributed by atoms with Crippen LogP contribution in [0.1, 0.15) is 36.8 Å². The molecular weight excluding hydrogens is 318 g/mol. The van der Waals surface area contributed by atoms with Gasteiger partial charge in [0.2, 0.25) is 5.91 Å². The summed E-state index contributed by atoms with van der Waals surface area (Å²) >= 11 is 3.48. The molecule has 0 aliphatic heterocycles. The third kappa shape index (κ3) is 4.18. The number of hydrogen-bond acceptors (Lipinski definition) is 2. The number of halogens is 1. The maximum atomic E-state index is 11.9. The molecule has 1 aromatic carbocycles. The average molecular weight is 338 g/mol. The monoisotopic (exact) mass is 337 g/mol. The van der Waals surface area contributed by atoms with Gasteiger partial charge >= 0.3 is 0 Å². The van der Waals surface area contributed by atoms with Crippen molar-refractivity contribution in [3.05, 3.63) is 39.9 Å². The van der Waals surface area contributed by atoms with E-state index < -0.39 is 6.10 Å². The van der Waals surface area contributed by atoms with E-state index in [0.717, 1.165) is 35.7 Å². The highest BCUT2D eigenvalue weighted by atomic mass is 79.9. The number of benzene rings is 1. The van der Waals surface area contributed by atoms with E-state index in [2.05, 4.69) is 21.2 Å². The molecule has 0 radical (unpaired) electrons. The molecule has 0 bridgehead atoms. The summed E-state index contributed by atoms with van der Waals surface area (Å²) in [5.74, 6) is -0.150. The maximum absolute atomic E-state index is 11.9. The van der Waals surface area contributed by atoms with Crippen molar-refractivity contribution in [2.24, 2.45) is 0 Å². The van der Waals surface area contributed by atoms with Gasteiger partial charge in [-0.2, -0.15) is 0 Å². The Hall–Kier alpha value is -1.13. The van der Waals surface area contributed by atoms with Crippen LogP contribution in [0.4, 0.5) is 0 Å². The van der Waals surface area contributed by atoms with Gasteiger partial charge in [0.1, 0.15) is 0 Å². The van der Waals surface area contributed by atoms with Crippen molar-refractivity contribution >= 4 is 27.9 Å². The number of hydrogen-bond donors (Lipinski definition) is 2. The molecule has 2 atom stereocenters. The van der Waals surface area contributed by atoms with E-state index in [9.17, 15) is 9.90 Å². The van der Waals surface area contributed by atoms with E-state index in [-0.39, 0.29) is 11.9 Å². The highest BCUT2D eigenvalue weighted by Gasteiger charge is 2.23. The van der Waals surface area contributed by atoms with E-state index in [1.165, 1.54) is 11.6 Å². The van der Waals surface area contributed by atoms with Gasteiger partial charge in [0.05, 0.1) is 12.1 Å². The minimum atomic E-state index is -0.410. The molecule has 1 aliphatic carbocycles. The molecule has 20 heavy (non-hydrogen) atoms. The molecule has 0 aromatic heterocycles. The van der Waals surface area contributed by atoms with Crippen molar-refractivity contribution in [3.8, 4) is 0 Å². The smallest absolute Gasteiger partial charge is 0.244 e. The van der Waals surface area contributed by atoms with Crippen LogP contribution in [0.25, 0.3) is 6.08 Å². The molecule has 2 rings (SSSR count). The zero-order valence-corrected chi connectivity index (χ0v) is 13.2. The summed E-state index contributed by atoms with van der Waals surface area (Å²) in [6.45, 7) is 2.02. The maximum Gasteiger partial charge on any atom is 0.244 e. The molecule has 2 unspecified atom stereocenters. The van der Waals surface area contributed by atoms with E-state index >= 15 is 0 Å². The van der Waals surface area contributed by atoms with Gasteiger partial charge < -0.3 is 10.4 Å². The summed E-state index contributed by atoms with van der Waals surface area (Å²) < 4.78 is 0.972. The van der Waals surface area contributed by atoms with Crippen LogP contribution in [0.15, 0.2) is 28.7 Å². The molecule has 1 aromatic rings. The first kappa shape index (κ1) is 15.3. The van der Waals surface area contributed by atoms with Crippen LogP contribution in [0.5, 0.6) is 0 Å². The average Bonchev–Trinajstić information content (AvgIpc) is 2.40. The molecule has 0 spiro atoms. The van der Waals surface area contributed by atoms with Crippen molar-refractivity contribution < 1.29 is 9.90 Å². The van der Waals surface area contributed by atoms with Gasteiger partial charge in [0, 0.05) is 10.5 Å². The first-order valence-electron chi connectivity index (χ1n) is 6.99. The molecule has 0 saturated heterocycles. The second-order valence-electron chi connectivity index (χ2n) is 5.33. The number of aliphatic hydroxyl groups excluding tert-OH is 1. The van der Waals surface area contributed by atoms with Crippen LogP contribution in [-0.4, -0.2) is 23.2 Å². The van der Waals surface area contributed by atoms with Gasteiger partial charge in [-0.15, -0.1) is 0 Å². The zero-order chi connectivity index (χ0) is 14.5. The topological polar surface area (TPSA) is 49.3 Å². The third-order valence-corrected chi connectivity index (χ3v) is 4.31. The Labute approximate surface area is 128 Å². The minimum Gasteiger partial charge on any atom is -0.391 e. The van der Waals surface area contributed by atoms with Crippen LogP contribution in [0.2, 0.25) is 0 Å². The fraction of sp³-hybridized carbons (Fsp3) is 0.438. The van der Waals surface area contributed by atoms with E-state index in [1.54, 1.807) is 6.08 Å². The van der Waals surface area contributed by atoms with E-state index in [1.807, 2.05) is 25.1 Å². The SMILES string of the molecule is Cc1ccc(C=CC(=O)NC2CCCCC2O)c(Br)c1. The zero-order valence-electron chi connectivity index (χ0n) is 11.6. The summed E-state index contributed by atoms with van der Waals surface area (Å²) in [7, 11) is 0. The molecule has 0 heterocycles. The molecule has 1 amide bonds. The first-order valence-corrected chi connectivity index (χ1v) is 7.78. The summed E-state index contributed by atoms with van der Waals surface area (Å²) in [4.78, 5) is 11.9. The standard InChI is InChI=1S/C16H20BrNO2/c1-11-6-7-12(13(17)10-11)8-9-16(20)18-14-4-2-3-5-15(14)19/h6-10,14-15,19H,2-5H2,1H3,(H,18,20). The minimum absolute atomic E-state index is 0.109. The number of carbonyl (C=O) groups excluding carboxylic acids is 1. The molecule has 1 fully saturated rings. The third-order valence-electron chi connectivity index (χ3n) is 3.63. The number of rotatable bonds is 3. The largest absolute Gasteiger partial charge is 0.391 e. The lowest BCUT2D eigenvalue weighted by molar-refractivity contribution is -0.118. The van der Waals surface area contributed by atoms with Crippen LogP contribution < -0.4 is 5.32 Å². The fourth-order valence-electron chi connectivity index (χ4n) is 2.44. The van der Waals surface area contributed by atoms with Crippen LogP contribution in [0, 0.1) is 6.92 Å². The van der Waals surface area contributed by atoms with Crippen LogP contribution in [0.3, 0.4) is 0 Å². The van der Waals surface area contributed by atoms with Gasteiger partial charge in [0.25, 0.3) is 0 Å². The molecule has 108 valence electrons. The van der Waals surface area contributed by atoms with Crippen molar-refractivity contribution in [2.75, 3.05) is 0 Å². The molecular formula is C16H20BrNO2. The van der Waals surface area contributed by atoms with E-state index in [0.29, 0.717) is 0 Å². The summed E-state index contributed by atoms with van der Waals surface area (Å²) in [5.41, 5.74) is 2.14. The fourth-order valence-corrected chi connectivity index (χ4v) is 3.07. The summed E-state index contributed by atoms with van der Waals surface area (Å²) in [5, 5.41) is 12.7. The molecule has 3 nitrogen and oxygen atoms in total. The number of aryl methyl sites for hydroxylation is 1. The van der Waals surface area contributed by atoms with Gasteiger partial charge in [-0.3, -0.25) is 4.79 Å². The lowest BCUT2D eigenvalue weighted by Gasteiger charge is -2.27. The number of amides is 1. The highest BCUT2D eigenvalue weighted by Crippen LogP contribution is 2.20. The first-order chi connectivity index (χ1) is 9.56. The highest BCUT2D eigenvalue weighted by molar-refractivity contribution is 9.10. The van der Waals surface area contributed by atoms with E-state index in [4.69, 9.17) is 0 Å². The van der Waals surface area contributed by atoms with Crippen molar-refractivity contribution in [1.29, 1.82) is 0 Å². The second kappa shape index (κ2) is 7.04. The Morgan fingerprint density at radius 1 is 1.40 bits per heavy atom. The van der Waals surface area contributed by atoms with Crippen molar-refractivity contribution in [3.63, 3.8) is 0 Å². The van der Waals surface area contributed by atoms with Gasteiger partial charge in [-0.25, -0.2) is 0 Å². The molecule has 1 aliphatic rings. The predicted molar refractivity (Wildman–Crippen MR) is 84.3 cm³/mol. The quantitative estimate of drug-likeness (QED) is 0.832. The molecule has 2 N–H and O–H groups in total. The Bertz CT molecular complexity index is 513. The normalized spacial score (nSPS) is 22.9. The summed E-state index contributed by atoms with van der Waals surface area (Å²) in [6, 6.07) is 5.89. The number of carbonyl (C=O) groups is 1. The van der Waals surface area contributed by atoms with Crippen LogP contribution in [-0.2, 0) is 4.79 Å². The summed E-state index contributed by atoms with van der Waals surface area (Å²) in [6.07, 6.45) is 6.64. The van der Waals surface area contributed by atoms with Gasteiger partial charge in [-0.05, 0) is 43.0 Å². The Morgan fingerprint density at radius 3 is 2.85 bits per heavy atom. The second-order valence-corrected chi connectivity index (χ2v) is 6.18. The molecule has 4 heteroatoms. The van der Waals surface area contributed by atoms with Gasteiger partial charge in [0.15, 0.2) is 0 Å². The lowest BCUT2D eigenvalue weighted by atomic mass is 9.92. The predicted octanol–water partition coefficient (Wildman–Crippen LogP) is 3.19. The lowest BCUT2D eigenvalue weighted by Crippen LogP contribution is -2.44. The Balaban J connectivity index is 1.95. The molecule has 1 saturated carbocycles. The number of nitrogens with one attached hydrogen (secondary N) is 1. The van der Waals surface area contributed by atoms with Gasteiger partial charge in [-0.1, -0.05) is 40.9 Å².